The Morgan fingerprint density at radius 2 is 2.14 bits per heavy atom. The van der Waals surface area contributed by atoms with Crippen LogP contribution in [0.1, 0.15) is 33.7 Å². The molecule has 116 valence electrons. The van der Waals surface area contributed by atoms with Gasteiger partial charge in [-0.05, 0) is 12.5 Å². The van der Waals surface area contributed by atoms with E-state index in [-0.39, 0.29) is 36.3 Å². The van der Waals surface area contributed by atoms with E-state index in [2.05, 4.69) is 10.1 Å². The van der Waals surface area contributed by atoms with Crippen molar-refractivity contribution in [1.82, 2.24) is 19.5 Å². The third kappa shape index (κ3) is 2.38. The number of likely N-dealkylation sites (tertiary alicyclic amines) is 1. The first-order valence-corrected chi connectivity index (χ1v) is 6.69. The van der Waals surface area contributed by atoms with Crippen LogP contribution in [0, 0.1) is 0 Å². The first kappa shape index (κ1) is 14.4. The van der Waals surface area contributed by atoms with Gasteiger partial charge in [0.15, 0.2) is 5.65 Å². The highest BCUT2D eigenvalue weighted by molar-refractivity contribution is 5.99. The number of aromatic nitrogens is 3. The Balaban J connectivity index is 1.99. The second-order valence-corrected chi connectivity index (χ2v) is 5.17. The number of hydrogen-bond acceptors (Lipinski definition) is 4. The number of halogens is 2. The lowest BCUT2D eigenvalue weighted by atomic mass is 10.1. The van der Waals surface area contributed by atoms with Crippen LogP contribution in [0.2, 0.25) is 0 Å². The number of hydrogen-bond donors (Lipinski definition) is 1. The summed E-state index contributed by atoms with van der Waals surface area (Å²) >= 11 is 0. The molecule has 0 aliphatic carbocycles. The number of alkyl halides is 2. The fourth-order valence-electron chi connectivity index (χ4n) is 2.53. The predicted octanol–water partition coefficient (Wildman–Crippen LogP) is 0.699. The Bertz CT molecular complexity index is 758. The van der Waals surface area contributed by atoms with Crippen LogP contribution in [0.3, 0.4) is 0 Å². The van der Waals surface area contributed by atoms with Gasteiger partial charge in [0.25, 0.3) is 17.7 Å². The highest BCUT2D eigenvalue weighted by atomic mass is 19.3. The SMILES string of the molecule is NC(=O)c1cnn2c(C(=O)N3CCCC(F)(F)C3)ccnc12. The van der Waals surface area contributed by atoms with E-state index >= 15 is 0 Å². The Morgan fingerprint density at radius 3 is 2.82 bits per heavy atom. The molecule has 2 aromatic heterocycles. The minimum absolute atomic E-state index is 0.0650. The summed E-state index contributed by atoms with van der Waals surface area (Å²) in [5, 5.41) is 3.91. The molecule has 3 heterocycles. The molecule has 1 aliphatic heterocycles. The molecule has 0 saturated carbocycles. The molecule has 2 N–H and O–H groups in total. The molecule has 7 nitrogen and oxygen atoms in total. The summed E-state index contributed by atoms with van der Waals surface area (Å²) in [6, 6.07) is 1.37. The van der Waals surface area contributed by atoms with Gasteiger partial charge in [0.1, 0.15) is 11.3 Å². The van der Waals surface area contributed by atoms with Crippen LogP contribution in [0.5, 0.6) is 0 Å². The largest absolute Gasteiger partial charge is 0.365 e. The van der Waals surface area contributed by atoms with E-state index in [1.807, 2.05) is 0 Å². The number of rotatable bonds is 2. The van der Waals surface area contributed by atoms with Crippen LogP contribution in [0.4, 0.5) is 8.78 Å². The van der Waals surface area contributed by atoms with Gasteiger partial charge in [0.05, 0.1) is 12.7 Å². The van der Waals surface area contributed by atoms with Gasteiger partial charge >= 0.3 is 0 Å². The van der Waals surface area contributed by atoms with Crippen molar-refractivity contribution in [2.45, 2.75) is 18.8 Å². The minimum atomic E-state index is -2.89. The average molecular weight is 309 g/mol. The van der Waals surface area contributed by atoms with Gasteiger partial charge in [-0.3, -0.25) is 9.59 Å². The third-order valence-corrected chi connectivity index (χ3v) is 3.57. The standard InChI is InChI=1S/C13H13F2N5O2/c14-13(15)3-1-5-19(7-13)12(22)9-2-4-17-11-8(10(16)21)6-18-20(9)11/h2,4,6H,1,3,5,7H2,(H2,16,21). The number of primary amides is 1. The number of amides is 2. The molecule has 1 aliphatic rings. The zero-order valence-electron chi connectivity index (χ0n) is 11.5. The molecular formula is C13H13F2N5O2. The monoisotopic (exact) mass is 309 g/mol. The van der Waals surface area contributed by atoms with Gasteiger partial charge in [-0.2, -0.15) is 5.10 Å². The quantitative estimate of drug-likeness (QED) is 0.883. The molecule has 0 radical (unpaired) electrons. The van der Waals surface area contributed by atoms with Crippen LogP contribution in [0.15, 0.2) is 18.5 Å². The molecule has 3 rings (SSSR count). The van der Waals surface area contributed by atoms with E-state index in [0.29, 0.717) is 0 Å². The lowest BCUT2D eigenvalue weighted by Crippen LogP contribution is -2.46. The molecule has 1 saturated heterocycles. The lowest BCUT2D eigenvalue weighted by molar-refractivity contribution is -0.0562. The van der Waals surface area contributed by atoms with Gasteiger partial charge in [-0.25, -0.2) is 18.3 Å². The number of fused-ring (bicyclic) bond motifs is 1. The summed E-state index contributed by atoms with van der Waals surface area (Å²) in [5.41, 5.74) is 5.46. The molecule has 0 atom stereocenters. The Hall–Kier alpha value is -2.58. The van der Waals surface area contributed by atoms with Crippen molar-refractivity contribution >= 4 is 17.5 Å². The maximum atomic E-state index is 13.5. The lowest BCUT2D eigenvalue weighted by Gasteiger charge is -2.32. The van der Waals surface area contributed by atoms with Gasteiger partial charge in [-0.1, -0.05) is 0 Å². The van der Waals surface area contributed by atoms with Crippen molar-refractivity contribution in [1.29, 1.82) is 0 Å². The van der Waals surface area contributed by atoms with E-state index in [1.54, 1.807) is 0 Å². The normalized spacial score (nSPS) is 17.6. The van der Waals surface area contributed by atoms with Crippen LogP contribution in [-0.2, 0) is 0 Å². The Morgan fingerprint density at radius 1 is 1.36 bits per heavy atom. The zero-order chi connectivity index (χ0) is 15.9. The minimum Gasteiger partial charge on any atom is -0.365 e. The highest BCUT2D eigenvalue weighted by Crippen LogP contribution is 2.27. The molecule has 22 heavy (non-hydrogen) atoms. The van der Waals surface area contributed by atoms with E-state index in [0.717, 1.165) is 9.42 Å². The van der Waals surface area contributed by atoms with E-state index in [4.69, 9.17) is 5.73 Å². The van der Waals surface area contributed by atoms with Crippen molar-refractivity contribution in [2.24, 2.45) is 5.73 Å². The second-order valence-electron chi connectivity index (χ2n) is 5.17. The van der Waals surface area contributed by atoms with Crippen molar-refractivity contribution in [3.05, 3.63) is 29.7 Å². The van der Waals surface area contributed by atoms with E-state index in [1.165, 1.54) is 18.5 Å². The van der Waals surface area contributed by atoms with Gasteiger partial charge in [0.2, 0.25) is 0 Å². The fraction of sp³-hybridized carbons (Fsp3) is 0.385. The molecule has 0 unspecified atom stereocenters. The van der Waals surface area contributed by atoms with Crippen LogP contribution < -0.4 is 5.73 Å². The van der Waals surface area contributed by atoms with Crippen molar-refractivity contribution in [2.75, 3.05) is 13.1 Å². The molecule has 0 aromatic carbocycles. The summed E-state index contributed by atoms with van der Waals surface area (Å²) in [6.07, 6.45) is 2.53. The molecule has 1 fully saturated rings. The summed E-state index contributed by atoms with van der Waals surface area (Å²) in [7, 11) is 0. The molecule has 2 aromatic rings. The molecular weight excluding hydrogens is 296 g/mol. The molecule has 0 spiro atoms. The van der Waals surface area contributed by atoms with E-state index in [9.17, 15) is 18.4 Å². The predicted molar refractivity (Wildman–Crippen MR) is 71.6 cm³/mol. The van der Waals surface area contributed by atoms with Gasteiger partial charge in [0, 0.05) is 19.2 Å². The second kappa shape index (κ2) is 5.00. The van der Waals surface area contributed by atoms with Gasteiger partial charge in [-0.15, -0.1) is 0 Å². The smallest absolute Gasteiger partial charge is 0.272 e. The number of carbonyl (C=O) groups excluding carboxylic acids is 2. The van der Waals surface area contributed by atoms with Crippen molar-refractivity contribution < 1.29 is 18.4 Å². The molecule has 9 heteroatoms. The maximum absolute atomic E-state index is 13.5. The topological polar surface area (TPSA) is 93.6 Å². The van der Waals surface area contributed by atoms with Crippen LogP contribution in [0.25, 0.3) is 5.65 Å². The number of nitrogens with two attached hydrogens (primary N) is 1. The van der Waals surface area contributed by atoms with Crippen molar-refractivity contribution in [3.63, 3.8) is 0 Å². The summed E-state index contributed by atoms with van der Waals surface area (Å²) in [5.74, 6) is -4.19. The molecule has 2 amide bonds. The Kier molecular flexibility index (Phi) is 3.27. The number of nitrogens with zero attached hydrogens (tertiary/aromatic N) is 4. The average Bonchev–Trinajstić information content (AvgIpc) is 2.89. The summed E-state index contributed by atoms with van der Waals surface area (Å²) in [4.78, 5) is 28.8. The van der Waals surface area contributed by atoms with Crippen LogP contribution >= 0.6 is 0 Å². The van der Waals surface area contributed by atoms with Crippen molar-refractivity contribution in [3.8, 4) is 0 Å². The fourth-order valence-corrected chi connectivity index (χ4v) is 2.53. The Labute approximate surface area is 123 Å². The number of carbonyl (C=O) groups is 2. The van der Waals surface area contributed by atoms with Gasteiger partial charge < -0.3 is 10.6 Å². The first-order chi connectivity index (χ1) is 10.4. The first-order valence-electron chi connectivity index (χ1n) is 6.69. The molecule has 0 bridgehead atoms. The third-order valence-electron chi connectivity index (χ3n) is 3.57. The summed E-state index contributed by atoms with van der Waals surface area (Å²) < 4.78 is 28.1. The number of piperidine rings is 1. The van der Waals surface area contributed by atoms with Crippen LogP contribution in [-0.4, -0.2) is 50.3 Å². The zero-order valence-corrected chi connectivity index (χ0v) is 11.5. The maximum Gasteiger partial charge on any atom is 0.272 e. The van der Waals surface area contributed by atoms with E-state index < -0.39 is 24.3 Å². The summed E-state index contributed by atoms with van der Waals surface area (Å²) in [6.45, 7) is -0.373. The highest BCUT2D eigenvalue weighted by Gasteiger charge is 2.37.